The number of ketones is 1. The van der Waals surface area contributed by atoms with Gasteiger partial charge in [-0.05, 0) is 34.1 Å². The van der Waals surface area contributed by atoms with Crippen LogP contribution in [-0.2, 0) is 0 Å². The molecule has 0 bridgehead atoms. The Morgan fingerprint density at radius 2 is 2.12 bits per heavy atom. The standard InChI is InChI=1S/C13H7BrO2S/c14-10-4-1-3-8-9(7-17-13(8)10)12(15)11-5-2-6-16-11/h1-7H. The molecule has 3 rings (SSSR count). The van der Waals surface area contributed by atoms with Crippen LogP contribution in [0.15, 0.2) is 50.9 Å². The van der Waals surface area contributed by atoms with Crippen molar-refractivity contribution in [3.05, 3.63) is 57.8 Å². The van der Waals surface area contributed by atoms with Crippen LogP contribution in [0.1, 0.15) is 16.1 Å². The summed E-state index contributed by atoms with van der Waals surface area (Å²) in [4.78, 5) is 12.2. The van der Waals surface area contributed by atoms with Gasteiger partial charge in [-0.1, -0.05) is 12.1 Å². The molecule has 2 nitrogen and oxygen atoms in total. The van der Waals surface area contributed by atoms with E-state index >= 15 is 0 Å². The van der Waals surface area contributed by atoms with Gasteiger partial charge in [0.05, 0.1) is 6.26 Å². The minimum Gasteiger partial charge on any atom is -0.461 e. The van der Waals surface area contributed by atoms with E-state index in [0.29, 0.717) is 11.3 Å². The van der Waals surface area contributed by atoms with E-state index in [-0.39, 0.29) is 5.78 Å². The molecule has 17 heavy (non-hydrogen) atoms. The first-order valence-corrected chi connectivity index (χ1v) is 6.68. The highest BCUT2D eigenvalue weighted by Gasteiger charge is 2.17. The summed E-state index contributed by atoms with van der Waals surface area (Å²) in [6.07, 6.45) is 1.51. The molecule has 84 valence electrons. The van der Waals surface area contributed by atoms with Gasteiger partial charge in [-0.25, -0.2) is 0 Å². The van der Waals surface area contributed by atoms with Gasteiger partial charge in [0.1, 0.15) is 0 Å². The summed E-state index contributed by atoms with van der Waals surface area (Å²) in [5, 5.41) is 2.84. The van der Waals surface area contributed by atoms with E-state index in [9.17, 15) is 4.79 Å². The highest BCUT2D eigenvalue weighted by atomic mass is 79.9. The van der Waals surface area contributed by atoms with Gasteiger partial charge in [-0.15, -0.1) is 11.3 Å². The Kier molecular flexibility index (Phi) is 2.61. The fourth-order valence-corrected chi connectivity index (χ4v) is 3.34. The molecule has 2 aromatic heterocycles. The maximum Gasteiger partial charge on any atom is 0.229 e. The molecule has 0 spiro atoms. The lowest BCUT2D eigenvalue weighted by atomic mass is 10.1. The molecule has 0 aliphatic carbocycles. The normalized spacial score (nSPS) is 10.9. The second-order valence-electron chi connectivity index (χ2n) is 3.57. The Bertz CT molecular complexity index is 683. The molecule has 0 atom stereocenters. The lowest BCUT2D eigenvalue weighted by Crippen LogP contribution is -1.97. The first-order valence-electron chi connectivity index (χ1n) is 5.01. The maximum absolute atomic E-state index is 12.2. The average molecular weight is 307 g/mol. The number of furan rings is 1. The molecule has 0 aliphatic rings. The second-order valence-corrected chi connectivity index (χ2v) is 5.31. The van der Waals surface area contributed by atoms with Crippen LogP contribution in [-0.4, -0.2) is 5.78 Å². The zero-order chi connectivity index (χ0) is 11.8. The lowest BCUT2D eigenvalue weighted by Gasteiger charge is -1.96. The summed E-state index contributed by atoms with van der Waals surface area (Å²) < 4.78 is 7.24. The van der Waals surface area contributed by atoms with E-state index in [1.165, 1.54) is 6.26 Å². The van der Waals surface area contributed by atoms with Crippen molar-refractivity contribution in [3.63, 3.8) is 0 Å². The topological polar surface area (TPSA) is 30.2 Å². The third kappa shape index (κ3) is 1.73. The molecule has 0 fully saturated rings. The molecule has 0 aliphatic heterocycles. The maximum atomic E-state index is 12.2. The number of fused-ring (bicyclic) bond motifs is 1. The van der Waals surface area contributed by atoms with Crippen LogP contribution in [0.4, 0.5) is 0 Å². The zero-order valence-corrected chi connectivity index (χ0v) is 11.0. The smallest absolute Gasteiger partial charge is 0.229 e. The number of carbonyl (C=O) groups excluding carboxylic acids is 1. The third-order valence-electron chi connectivity index (χ3n) is 2.54. The number of halogens is 1. The summed E-state index contributed by atoms with van der Waals surface area (Å²) in [6, 6.07) is 9.26. The molecule has 3 aromatic rings. The van der Waals surface area contributed by atoms with Crippen molar-refractivity contribution in [2.75, 3.05) is 0 Å². The van der Waals surface area contributed by atoms with Crippen molar-refractivity contribution >= 4 is 43.1 Å². The van der Waals surface area contributed by atoms with Crippen molar-refractivity contribution < 1.29 is 9.21 Å². The summed E-state index contributed by atoms with van der Waals surface area (Å²) in [5.41, 5.74) is 0.696. The Morgan fingerprint density at radius 3 is 2.88 bits per heavy atom. The van der Waals surface area contributed by atoms with E-state index in [2.05, 4.69) is 15.9 Å². The van der Waals surface area contributed by atoms with Crippen LogP contribution in [0.5, 0.6) is 0 Å². The van der Waals surface area contributed by atoms with Crippen LogP contribution < -0.4 is 0 Å². The van der Waals surface area contributed by atoms with E-state index in [1.807, 2.05) is 23.6 Å². The lowest BCUT2D eigenvalue weighted by molar-refractivity contribution is 0.101. The molecule has 0 amide bonds. The monoisotopic (exact) mass is 306 g/mol. The van der Waals surface area contributed by atoms with Gasteiger partial charge >= 0.3 is 0 Å². The number of hydrogen-bond donors (Lipinski definition) is 0. The summed E-state index contributed by atoms with van der Waals surface area (Å²) in [5.74, 6) is 0.309. The van der Waals surface area contributed by atoms with Gasteiger partial charge in [0.15, 0.2) is 5.76 Å². The Balaban J connectivity index is 2.19. The molecule has 0 N–H and O–H groups in total. The molecular formula is C13H7BrO2S. The SMILES string of the molecule is O=C(c1ccco1)c1csc2c(Br)cccc12. The predicted molar refractivity (Wildman–Crippen MR) is 71.7 cm³/mol. The molecular weight excluding hydrogens is 300 g/mol. The molecule has 0 saturated heterocycles. The van der Waals surface area contributed by atoms with Crippen molar-refractivity contribution in [2.45, 2.75) is 0 Å². The quantitative estimate of drug-likeness (QED) is 0.653. The van der Waals surface area contributed by atoms with Crippen LogP contribution in [0.2, 0.25) is 0 Å². The predicted octanol–water partition coefficient (Wildman–Crippen LogP) is 4.49. The molecule has 0 unspecified atom stereocenters. The van der Waals surface area contributed by atoms with Crippen molar-refractivity contribution in [1.29, 1.82) is 0 Å². The minimum atomic E-state index is -0.0700. The van der Waals surface area contributed by atoms with Crippen LogP contribution >= 0.6 is 27.3 Å². The highest BCUT2D eigenvalue weighted by Crippen LogP contribution is 2.33. The van der Waals surface area contributed by atoms with Crippen LogP contribution in [0, 0.1) is 0 Å². The molecule has 2 heterocycles. The third-order valence-corrected chi connectivity index (χ3v) is 4.49. The number of benzene rings is 1. The fraction of sp³-hybridized carbons (Fsp3) is 0. The first kappa shape index (κ1) is 10.7. The van der Waals surface area contributed by atoms with Gasteiger partial charge in [0, 0.05) is 25.5 Å². The average Bonchev–Trinajstić information content (AvgIpc) is 2.98. The largest absolute Gasteiger partial charge is 0.461 e. The van der Waals surface area contributed by atoms with Gasteiger partial charge in [-0.3, -0.25) is 4.79 Å². The Labute approximate surface area is 110 Å². The van der Waals surface area contributed by atoms with E-state index < -0.39 is 0 Å². The van der Waals surface area contributed by atoms with E-state index in [0.717, 1.165) is 14.6 Å². The molecule has 1 aromatic carbocycles. The Hall–Kier alpha value is -1.39. The number of rotatable bonds is 2. The van der Waals surface area contributed by atoms with E-state index in [1.54, 1.807) is 23.5 Å². The number of hydrogen-bond acceptors (Lipinski definition) is 3. The van der Waals surface area contributed by atoms with E-state index in [4.69, 9.17) is 4.42 Å². The number of thiophene rings is 1. The summed E-state index contributed by atoms with van der Waals surface area (Å²) in [7, 11) is 0. The van der Waals surface area contributed by atoms with Crippen molar-refractivity contribution in [3.8, 4) is 0 Å². The van der Waals surface area contributed by atoms with Crippen molar-refractivity contribution in [2.24, 2.45) is 0 Å². The highest BCUT2D eigenvalue weighted by molar-refractivity contribution is 9.10. The molecule has 0 saturated carbocycles. The van der Waals surface area contributed by atoms with Gasteiger partial charge in [0.25, 0.3) is 0 Å². The fourth-order valence-electron chi connectivity index (χ4n) is 1.74. The van der Waals surface area contributed by atoms with Gasteiger partial charge in [0.2, 0.25) is 5.78 Å². The summed E-state index contributed by atoms with van der Waals surface area (Å²) in [6.45, 7) is 0. The number of carbonyl (C=O) groups is 1. The minimum absolute atomic E-state index is 0.0700. The van der Waals surface area contributed by atoms with Gasteiger partial charge in [-0.2, -0.15) is 0 Å². The Morgan fingerprint density at radius 1 is 1.24 bits per heavy atom. The molecule has 4 heteroatoms. The van der Waals surface area contributed by atoms with Crippen LogP contribution in [0.25, 0.3) is 10.1 Å². The molecule has 0 radical (unpaired) electrons. The van der Waals surface area contributed by atoms with Crippen molar-refractivity contribution in [1.82, 2.24) is 0 Å². The van der Waals surface area contributed by atoms with Crippen LogP contribution in [0.3, 0.4) is 0 Å². The first-order chi connectivity index (χ1) is 8.27. The zero-order valence-electron chi connectivity index (χ0n) is 8.64. The van der Waals surface area contributed by atoms with Gasteiger partial charge < -0.3 is 4.42 Å². The summed E-state index contributed by atoms with van der Waals surface area (Å²) >= 11 is 5.04. The second kappa shape index (κ2) is 4.13.